The highest BCUT2D eigenvalue weighted by Gasteiger charge is 2.13. The van der Waals surface area contributed by atoms with Gasteiger partial charge in [-0.1, -0.05) is 52.1 Å². The second kappa shape index (κ2) is 8.08. The van der Waals surface area contributed by atoms with Crippen molar-refractivity contribution < 1.29 is 0 Å². The van der Waals surface area contributed by atoms with Gasteiger partial charge in [-0.05, 0) is 36.8 Å². The number of aromatic nitrogens is 2. The topological polar surface area (TPSA) is 93.3 Å². The molecule has 27 heavy (non-hydrogen) atoms. The van der Waals surface area contributed by atoms with Crippen molar-refractivity contribution in [3.63, 3.8) is 0 Å². The molecule has 1 unspecified atom stereocenters. The number of halogens is 3. The second-order valence-electron chi connectivity index (χ2n) is 5.77. The largest absolute Gasteiger partial charge is 0.368 e. The fourth-order valence-electron chi connectivity index (χ4n) is 2.46. The van der Waals surface area contributed by atoms with E-state index in [1.54, 1.807) is 25.1 Å². The van der Waals surface area contributed by atoms with Crippen molar-refractivity contribution in [1.29, 1.82) is 0 Å². The van der Waals surface area contributed by atoms with Crippen LogP contribution in [0.1, 0.15) is 18.5 Å². The molecule has 0 radical (unpaired) electrons. The number of hydrogen-bond acceptors (Lipinski definition) is 6. The van der Waals surface area contributed by atoms with Gasteiger partial charge in [0.1, 0.15) is 11.9 Å². The van der Waals surface area contributed by atoms with Crippen molar-refractivity contribution in [3.05, 3.63) is 68.0 Å². The molecular weight excluding hydrogens is 409 g/mol. The molecule has 0 fully saturated rings. The Morgan fingerprint density at radius 1 is 1.07 bits per heavy atom. The molecule has 0 aliphatic rings. The van der Waals surface area contributed by atoms with Crippen LogP contribution in [0.4, 0.5) is 17.5 Å². The lowest BCUT2D eigenvalue weighted by atomic mass is 10.1. The van der Waals surface area contributed by atoms with E-state index in [9.17, 15) is 4.91 Å². The first-order valence-corrected chi connectivity index (χ1v) is 8.99. The Hall–Kier alpha value is -2.41. The summed E-state index contributed by atoms with van der Waals surface area (Å²) in [5, 5.41) is 7.22. The minimum Gasteiger partial charge on any atom is -0.368 e. The summed E-state index contributed by atoms with van der Waals surface area (Å²) < 4.78 is 0. The zero-order chi connectivity index (χ0) is 19.6. The Bertz CT molecular complexity index is 995. The van der Waals surface area contributed by atoms with Crippen LogP contribution >= 0.6 is 34.8 Å². The molecule has 0 saturated carbocycles. The zero-order valence-electron chi connectivity index (χ0n) is 14.1. The Labute approximate surface area is 170 Å². The van der Waals surface area contributed by atoms with Gasteiger partial charge in [0.2, 0.25) is 5.95 Å². The summed E-state index contributed by atoms with van der Waals surface area (Å²) in [7, 11) is 0. The molecule has 0 amide bonds. The van der Waals surface area contributed by atoms with Crippen LogP contribution in [0.3, 0.4) is 0 Å². The van der Waals surface area contributed by atoms with Crippen molar-refractivity contribution in [2.45, 2.75) is 13.0 Å². The molecule has 3 N–H and O–H groups in total. The quantitative estimate of drug-likeness (QED) is 0.374. The Morgan fingerprint density at radius 3 is 2.44 bits per heavy atom. The molecule has 9 heteroatoms. The number of nitrogens with zero attached hydrogens (tertiary/aromatic N) is 3. The molecular formula is C18H14Cl3N5O. The maximum Gasteiger partial charge on any atom is 0.222 e. The van der Waals surface area contributed by atoms with Crippen molar-refractivity contribution >= 4 is 52.3 Å². The summed E-state index contributed by atoms with van der Waals surface area (Å²) in [5.41, 5.74) is 8.45. The number of nitrogens with two attached hydrogens (primary N) is 1. The van der Waals surface area contributed by atoms with Crippen LogP contribution in [0.2, 0.25) is 15.1 Å². The predicted octanol–water partition coefficient (Wildman–Crippen LogP) is 6.26. The van der Waals surface area contributed by atoms with E-state index in [-0.39, 0.29) is 5.95 Å². The third-order valence-electron chi connectivity index (χ3n) is 3.84. The molecule has 0 saturated heterocycles. The van der Waals surface area contributed by atoms with E-state index >= 15 is 0 Å². The molecule has 0 spiro atoms. The lowest BCUT2D eigenvalue weighted by Gasteiger charge is -2.11. The van der Waals surface area contributed by atoms with Gasteiger partial charge in [-0.25, -0.2) is 4.98 Å². The van der Waals surface area contributed by atoms with Crippen LogP contribution in [-0.2, 0) is 0 Å². The molecule has 6 nitrogen and oxygen atoms in total. The van der Waals surface area contributed by atoms with Gasteiger partial charge in [-0.2, -0.15) is 9.89 Å². The number of nitrogen functional groups attached to an aromatic ring is 1. The maximum atomic E-state index is 10.6. The highest BCUT2D eigenvalue weighted by Crippen LogP contribution is 2.36. The van der Waals surface area contributed by atoms with Crippen LogP contribution < -0.4 is 11.1 Å². The van der Waals surface area contributed by atoms with E-state index in [0.717, 1.165) is 11.3 Å². The van der Waals surface area contributed by atoms with E-state index in [1.165, 1.54) is 0 Å². The van der Waals surface area contributed by atoms with E-state index in [0.29, 0.717) is 32.1 Å². The van der Waals surface area contributed by atoms with Gasteiger partial charge >= 0.3 is 0 Å². The average molecular weight is 423 g/mol. The third kappa shape index (κ3) is 4.47. The van der Waals surface area contributed by atoms with Gasteiger partial charge in [0.05, 0.1) is 15.7 Å². The summed E-state index contributed by atoms with van der Waals surface area (Å²) in [5.74, 6) is 0.538. The Kier molecular flexibility index (Phi) is 5.79. The first kappa shape index (κ1) is 19.4. The van der Waals surface area contributed by atoms with E-state index in [2.05, 4.69) is 20.5 Å². The van der Waals surface area contributed by atoms with Crippen molar-refractivity contribution in [2.24, 2.45) is 5.18 Å². The standard InChI is InChI=1S/C18H14Cl3N5O/c1-9(26-27)10-2-4-12(5-3-10)23-16-8-15(24-18(22)25-16)13-6-11(19)7-14(20)17(13)21/h2-9H,1H3,(H3,22,23,24,25). The summed E-state index contributed by atoms with van der Waals surface area (Å²) in [6.07, 6.45) is 0. The molecule has 138 valence electrons. The van der Waals surface area contributed by atoms with Crippen LogP contribution in [-0.4, -0.2) is 9.97 Å². The lowest BCUT2D eigenvalue weighted by Crippen LogP contribution is -2.02. The molecule has 1 aromatic heterocycles. The van der Waals surface area contributed by atoms with E-state index in [1.807, 2.05) is 24.3 Å². The summed E-state index contributed by atoms with van der Waals surface area (Å²) in [4.78, 5) is 19.0. The number of nitrogens with one attached hydrogen (secondary N) is 1. The van der Waals surface area contributed by atoms with Crippen LogP contribution in [0, 0.1) is 4.91 Å². The average Bonchev–Trinajstić information content (AvgIpc) is 2.64. The number of rotatable bonds is 5. The maximum absolute atomic E-state index is 10.6. The van der Waals surface area contributed by atoms with Crippen LogP contribution in [0.15, 0.2) is 47.6 Å². The molecule has 1 heterocycles. The fourth-order valence-corrected chi connectivity index (χ4v) is 3.16. The molecule has 0 aliphatic carbocycles. The van der Waals surface area contributed by atoms with Gasteiger partial charge < -0.3 is 11.1 Å². The summed E-state index contributed by atoms with van der Waals surface area (Å²) >= 11 is 18.4. The summed E-state index contributed by atoms with van der Waals surface area (Å²) in [6.45, 7) is 1.73. The smallest absolute Gasteiger partial charge is 0.222 e. The first-order chi connectivity index (χ1) is 12.9. The molecule has 0 bridgehead atoms. The number of anilines is 3. The van der Waals surface area contributed by atoms with Crippen molar-refractivity contribution in [3.8, 4) is 11.3 Å². The molecule has 3 aromatic rings. The molecule has 0 aliphatic heterocycles. The highest BCUT2D eigenvalue weighted by atomic mass is 35.5. The molecule has 1 atom stereocenters. The van der Waals surface area contributed by atoms with Gasteiger partial charge in [0, 0.05) is 22.3 Å². The number of nitroso groups, excluding NO2 is 1. The van der Waals surface area contributed by atoms with Gasteiger partial charge in [-0.3, -0.25) is 0 Å². The van der Waals surface area contributed by atoms with Crippen molar-refractivity contribution in [1.82, 2.24) is 9.97 Å². The Balaban J connectivity index is 1.93. The summed E-state index contributed by atoms with van der Waals surface area (Å²) in [6, 6.07) is 11.7. The van der Waals surface area contributed by atoms with Crippen molar-refractivity contribution in [2.75, 3.05) is 11.1 Å². The minimum atomic E-state index is -0.407. The Morgan fingerprint density at radius 2 is 1.78 bits per heavy atom. The van der Waals surface area contributed by atoms with Gasteiger partial charge in [0.25, 0.3) is 0 Å². The normalized spacial score (nSPS) is 11.9. The zero-order valence-corrected chi connectivity index (χ0v) is 16.3. The SMILES string of the molecule is CC(N=O)c1ccc(Nc2cc(-c3cc(Cl)cc(Cl)c3Cl)nc(N)n2)cc1. The highest BCUT2D eigenvalue weighted by molar-refractivity contribution is 6.45. The van der Waals surface area contributed by atoms with Crippen LogP contribution in [0.5, 0.6) is 0 Å². The minimum absolute atomic E-state index is 0.0672. The second-order valence-corrected chi connectivity index (χ2v) is 7.00. The monoisotopic (exact) mass is 421 g/mol. The van der Waals surface area contributed by atoms with E-state index in [4.69, 9.17) is 40.5 Å². The fraction of sp³-hybridized carbons (Fsp3) is 0.111. The number of benzene rings is 2. The first-order valence-electron chi connectivity index (χ1n) is 7.86. The molecule has 2 aromatic carbocycles. The number of hydrogen-bond donors (Lipinski definition) is 2. The van der Waals surface area contributed by atoms with Gasteiger partial charge in [-0.15, -0.1) is 0 Å². The van der Waals surface area contributed by atoms with Crippen LogP contribution in [0.25, 0.3) is 11.3 Å². The van der Waals surface area contributed by atoms with Gasteiger partial charge in [0.15, 0.2) is 0 Å². The lowest BCUT2D eigenvalue weighted by molar-refractivity contribution is 0.812. The third-order valence-corrected chi connectivity index (χ3v) is 4.86. The molecule has 3 rings (SSSR count). The van der Waals surface area contributed by atoms with E-state index < -0.39 is 6.04 Å². The predicted molar refractivity (Wildman–Crippen MR) is 111 cm³/mol.